The lowest BCUT2D eigenvalue weighted by atomic mass is 10.2. The largest absolute Gasteiger partial charge is 0.514 e. The van der Waals surface area contributed by atoms with Gasteiger partial charge in [0.25, 0.3) is 0 Å². The summed E-state index contributed by atoms with van der Waals surface area (Å²) >= 11 is 0. The van der Waals surface area contributed by atoms with Crippen LogP contribution in [0.25, 0.3) is 0 Å². The van der Waals surface area contributed by atoms with Gasteiger partial charge in [-0.25, -0.2) is 9.59 Å². The van der Waals surface area contributed by atoms with Gasteiger partial charge < -0.3 is 14.6 Å². The van der Waals surface area contributed by atoms with Gasteiger partial charge in [0.05, 0.1) is 0 Å². The molecule has 0 heterocycles. The van der Waals surface area contributed by atoms with Crippen LogP contribution in [-0.4, -0.2) is 17.2 Å². The number of aromatic carboxylic acids is 1. The van der Waals surface area contributed by atoms with Gasteiger partial charge in [0.2, 0.25) is 0 Å². The number of carbonyl (C=O) groups is 2. The van der Waals surface area contributed by atoms with Crippen molar-refractivity contribution in [3.8, 4) is 5.75 Å². The third-order valence-corrected chi connectivity index (χ3v) is 2.51. The number of para-hydroxylation sites is 1. The van der Waals surface area contributed by atoms with Gasteiger partial charge in [-0.2, -0.15) is 0 Å². The highest BCUT2D eigenvalue weighted by Gasteiger charge is 2.14. The number of benzene rings is 2. The number of hydrogen-bond donors (Lipinski definition) is 1. The molecule has 0 radical (unpaired) electrons. The molecule has 0 saturated heterocycles. The Balaban J connectivity index is 1.97. The molecule has 5 nitrogen and oxygen atoms in total. The summed E-state index contributed by atoms with van der Waals surface area (Å²) in [7, 11) is 0. The third kappa shape index (κ3) is 3.58. The van der Waals surface area contributed by atoms with E-state index < -0.39 is 12.1 Å². The molecule has 0 saturated carbocycles. The minimum Gasteiger partial charge on any atom is -0.478 e. The van der Waals surface area contributed by atoms with Gasteiger partial charge >= 0.3 is 12.1 Å². The Kier molecular flexibility index (Phi) is 4.34. The number of hydrogen-bond acceptors (Lipinski definition) is 4. The van der Waals surface area contributed by atoms with Crippen LogP contribution >= 0.6 is 0 Å². The Bertz CT molecular complexity index is 607. The van der Waals surface area contributed by atoms with Crippen molar-refractivity contribution in [1.82, 2.24) is 0 Å². The number of carbonyl (C=O) groups excluding carboxylic acids is 1. The van der Waals surface area contributed by atoms with E-state index in [4.69, 9.17) is 14.6 Å². The minimum absolute atomic E-state index is 0.0435. The SMILES string of the molecule is O=C(OCc1ccccc1)Oc1ccccc1C(=O)O. The fourth-order valence-electron chi connectivity index (χ4n) is 1.57. The molecule has 1 N–H and O–H groups in total. The van der Waals surface area contributed by atoms with E-state index in [1.54, 1.807) is 24.3 Å². The molecule has 0 aliphatic heterocycles. The van der Waals surface area contributed by atoms with Crippen molar-refractivity contribution in [2.45, 2.75) is 6.61 Å². The molecule has 2 rings (SSSR count). The highest BCUT2D eigenvalue weighted by molar-refractivity contribution is 5.91. The smallest absolute Gasteiger partial charge is 0.478 e. The molecule has 102 valence electrons. The van der Waals surface area contributed by atoms with Gasteiger partial charge in [-0.3, -0.25) is 0 Å². The predicted octanol–water partition coefficient (Wildman–Crippen LogP) is 3.10. The van der Waals surface area contributed by atoms with Crippen molar-refractivity contribution >= 4 is 12.1 Å². The van der Waals surface area contributed by atoms with Crippen LogP contribution in [0.3, 0.4) is 0 Å². The summed E-state index contributed by atoms with van der Waals surface area (Å²) < 4.78 is 9.80. The van der Waals surface area contributed by atoms with E-state index >= 15 is 0 Å². The Morgan fingerprint density at radius 1 is 0.950 bits per heavy atom. The van der Waals surface area contributed by atoms with E-state index in [1.807, 2.05) is 18.2 Å². The second-order valence-electron chi connectivity index (χ2n) is 3.93. The lowest BCUT2D eigenvalue weighted by molar-refractivity contribution is 0.0688. The van der Waals surface area contributed by atoms with Crippen LogP contribution in [0.1, 0.15) is 15.9 Å². The van der Waals surface area contributed by atoms with E-state index in [9.17, 15) is 9.59 Å². The summed E-state index contributed by atoms with van der Waals surface area (Å²) in [6.45, 7) is 0.0644. The molecule has 2 aromatic rings. The summed E-state index contributed by atoms with van der Waals surface area (Å²) in [5.41, 5.74) is 0.722. The van der Waals surface area contributed by atoms with Gasteiger partial charge in [-0.15, -0.1) is 0 Å². The van der Waals surface area contributed by atoms with Crippen LogP contribution in [0.4, 0.5) is 4.79 Å². The molecular formula is C15H12O5. The highest BCUT2D eigenvalue weighted by Crippen LogP contribution is 2.18. The molecule has 0 aliphatic rings. The summed E-state index contributed by atoms with van der Waals surface area (Å²) in [5, 5.41) is 8.95. The normalized spacial score (nSPS) is 9.80. The van der Waals surface area contributed by atoms with Crippen molar-refractivity contribution in [3.05, 3.63) is 65.7 Å². The molecule has 0 amide bonds. The van der Waals surface area contributed by atoms with Crippen LogP contribution < -0.4 is 4.74 Å². The molecule has 0 aromatic heterocycles. The molecule has 20 heavy (non-hydrogen) atoms. The Morgan fingerprint density at radius 2 is 1.60 bits per heavy atom. The maximum Gasteiger partial charge on any atom is 0.514 e. The topological polar surface area (TPSA) is 72.8 Å². The zero-order chi connectivity index (χ0) is 14.4. The first-order valence-electron chi connectivity index (χ1n) is 5.87. The van der Waals surface area contributed by atoms with Gasteiger partial charge in [0.1, 0.15) is 17.9 Å². The molecule has 0 fully saturated rings. The van der Waals surface area contributed by atoms with Gasteiger partial charge in [0.15, 0.2) is 0 Å². The molecule has 0 spiro atoms. The van der Waals surface area contributed by atoms with E-state index in [0.717, 1.165) is 5.56 Å². The van der Waals surface area contributed by atoms with Crippen molar-refractivity contribution in [2.24, 2.45) is 0 Å². The zero-order valence-corrected chi connectivity index (χ0v) is 10.5. The van der Waals surface area contributed by atoms with E-state index in [1.165, 1.54) is 12.1 Å². The van der Waals surface area contributed by atoms with E-state index in [0.29, 0.717) is 0 Å². The molecule has 0 unspecified atom stereocenters. The summed E-state index contributed by atoms with van der Waals surface area (Å²) in [5.74, 6) is -1.21. The Morgan fingerprint density at radius 3 is 2.30 bits per heavy atom. The second-order valence-corrected chi connectivity index (χ2v) is 3.93. The highest BCUT2D eigenvalue weighted by atomic mass is 16.7. The van der Waals surface area contributed by atoms with Crippen LogP contribution in [-0.2, 0) is 11.3 Å². The zero-order valence-electron chi connectivity index (χ0n) is 10.5. The number of ether oxygens (including phenoxy) is 2. The lowest BCUT2D eigenvalue weighted by Gasteiger charge is -2.07. The van der Waals surface area contributed by atoms with Gasteiger partial charge in [-0.05, 0) is 17.7 Å². The van der Waals surface area contributed by atoms with E-state index in [-0.39, 0.29) is 17.9 Å². The van der Waals surface area contributed by atoms with Crippen LogP contribution in [0.15, 0.2) is 54.6 Å². The van der Waals surface area contributed by atoms with Crippen LogP contribution in [0.2, 0.25) is 0 Å². The van der Waals surface area contributed by atoms with Crippen molar-refractivity contribution < 1.29 is 24.2 Å². The fraction of sp³-hybridized carbons (Fsp3) is 0.0667. The first kappa shape index (κ1) is 13.6. The lowest BCUT2D eigenvalue weighted by Crippen LogP contribution is -2.12. The molecule has 2 aromatic carbocycles. The number of carboxylic acid groups (broad SMARTS) is 1. The second kappa shape index (κ2) is 6.38. The first-order valence-corrected chi connectivity index (χ1v) is 5.87. The quantitative estimate of drug-likeness (QED) is 0.684. The molecule has 0 aliphatic carbocycles. The van der Waals surface area contributed by atoms with Gasteiger partial charge in [-0.1, -0.05) is 42.5 Å². The summed E-state index contributed by atoms with van der Waals surface area (Å²) in [6, 6.07) is 15.0. The molecular weight excluding hydrogens is 260 g/mol. The molecule has 5 heteroatoms. The van der Waals surface area contributed by atoms with E-state index in [2.05, 4.69) is 0 Å². The maximum absolute atomic E-state index is 11.5. The predicted molar refractivity (Wildman–Crippen MR) is 70.7 cm³/mol. The minimum atomic E-state index is -1.17. The van der Waals surface area contributed by atoms with Crippen LogP contribution in [0.5, 0.6) is 5.75 Å². The summed E-state index contributed by atoms with van der Waals surface area (Å²) in [4.78, 5) is 22.5. The Hall–Kier alpha value is -2.82. The Labute approximate surface area is 115 Å². The number of carboxylic acids is 1. The standard InChI is InChI=1S/C15H12O5/c16-14(17)12-8-4-5-9-13(12)20-15(18)19-10-11-6-2-1-3-7-11/h1-9H,10H2,(H,16,17). The molecule has 0 atom stereocenters. The maximum atomic E-state index is 11.5. The van der Waals surface area contributed by atoms with Crippen molar-refractivity contribution in [1.29, 1.82) is 0 Å². The fourth-order valence-corrected chi connectivity index (χ4v) is 1.57. The molecule has 0 bridgehead atoms. The van der Waals surface area contributed by atoms with Crippen molar-refractivity contribution in [2.75, 3.05) is 0 Å². The average molecular weight is 272 g/mol. The number of rotatable bonds is 4. The van der Waals surface area contributed by atoms with Crippen molar-refractivity contribution in [3.63, 3.8) is 0 Å². The van der Waals surface area contributed by atoms with Crippen LogP contribution in [0, 0.1) is 0 Å². The first-order chi connectivity index (χ1) is 9.66. The van der Waals surface area contributed by atoms with Gasteiger partial charge in [0, 0.05) is 0 Å². The average Bonchev–Trinajstić information content (AvgIpc) is 2.46. The third-order valence-electron chi connectivity index (χ3n) is 2.51. The summed E-state index contributed by atoms with van der Waals surface area (Å²) in [6.07, 6.45) is -0.942. The monoisotopic (exact) mass is 272 g/mol.